The number of aromatic nitrogens is 1. The van der Waals surface area contributed by atoms with Gasteiger partial charge >= 0.3 is 0 Å². The molecule has 0 amide bonds. The van der Waals surface area contributed by atoms with Crippen molar-refractivity contribution in [1.29, 1.82) is 0 Å². The fourth-order valence-electron chi connectivity index (χ4n) is 2.04. The van der Waals surface area contributed by atoms with Crippen LogP contribution in [0.3, 0.4) is 0 Å². The fourth-order valence-corrected chi connectivity index (χ4v) is 2.33. The molecular formula is C16H19ClN2O2. The zero-order valence-electron chi connectivity index (χ0n) is 12.0. The van der Waals surface area contributed by atoms with Crippen LogP contribution in [-0.4, -0.2) is 25.2 Å². The summed E-state index contributed by atoms with van der Waals surface area (Å²) in [6.07, 6.45) is 5.09. The number of pyridine rings is 1. The molecule has 0 aliphatic rings. The molecule has 0 unspecified atom stereocenters. The lowest BCUT2D eigenvalue weighted by Crippen LogP contribution is -2.06. The van der Waals surface area contributed by atoms with Crippen LogP contribution < -0.4 is 15.2 Å². The number of rotatable bonds is 7. The van der Waals surface area contributed by atoms with Gasteiger partial charge in [0.15, 0.2) is 11.5 Å². The summed E-state index contributed by atoms with van der Waals surface area (Å²) in [5.74, 6) is 1.21. The number of hydrogen-bond acceptors (Lipinski definition) is 4. The smallest absolute Gasteiger partial charge is 0.179 e. The summed E-state index contributed by atoms with van der Waals surface area (Å²) in [5.41, 5.74) is 7.72. The normalized spacial score (nSPS) is 10.4. The Morgan fingerprint density at radius 1 is 1.24 bits per heavy atom. The summed E-state index contributed by atoms with van der Waals surface area (Å²) in [4.78, 5) is 4.08. The molecule has 2 rings (SSSR count). The Balaban J connectivity index is 2.05. The van der Waals surface area contributed by atoms with E-state index in [0.717, 1.165) is 24.0 Å². The third kappa shape index (κ3) is 4.34. The minimum atomic E-state index is 0.512. The van der Waals surface area contributed by atoms with Gasteiger partial charge in [-0.15, -0.1) is 0 Å². The first kappa shape index (κ1) is 15.6. The van der Waals surface area contributed by atoms with Crippen molar-refractivity contribution < 1.29 is 9.47 Å². The highest BCUT2D eigenvalue weighted by Crippen LogP contribution is 2.36. The molecule has 0 saturated carbocycles. The molecule has 4 nitrogen and oxygen atoms in total. The summed E-state index contributed by atoms with van der Waals surface area (Å²) >= 11 is 6.27. The lowest BCUT2D eigenvalue weighted by atomic mass is 10.1. The van der Waals surface area contributed by atoms with Crippen LogP contribution in [-0.2, 0) is 12.8 Å². The van der Waals surface area contributed by atoms with E-state index >= 15 is 0 Å². The third-order valence-electron chi connectivity index (χ3n) is 3.08. The van der Waals surface area contributed by atoms with Crippen LogP contribution >= 0.6 is 11.6 Å². The third-order valence-corrected chi connectivity index (χ3v) is 3.36. The molecule has 21 heavy (non-hydrogen) atoms. The molecule has 0 aliphatic carbocycles. The van der Waals surface area contributed by atoms with E-state index in [1.165, 1.54) is 0 Å². The second-order valence-electron chi connectivity index (χ2n) is 4.61. The van der Waals surface area contributed by atoms with Gasteiger partial charge in [-0.3, -0.25) is 4.98 Å². The molecule has 1 aromatic heterocycles. The van der Waals surface area contributed by atoms with E-state index in [9.17, 15) is 0 Å². The Morgan fingerprint density at radius 3 is 2.76 bits per heavy atom. The molecule has 1 heterocycles. The molecule has 2 aromatic rings. The van der Waals surface area contributed by atoms with Crippen LogP contribution in [0.15, 0.2) is 36.7 Å². The van der Waals surface area contributed by atoms with Gasteiger partial charge in [-0.05, 0) is 42.3 Å². The van der Waals surface area contributed by atoms with Gasteiger partial charge in [0.25, 0.3) is 0 Å². The van der Waals surface area contributed by atoms with Gasteiger partial charge in [0, 0.05) is 18.8 Å². The van der Waals surface area contributed by atoms with Crippen molar-refractivity contribution in [3.8, 4) is 11.5 Å². The minimum Gasteiger partial charge on any atom is -0.493 e. The predicted octanol–water partition coefficient (Wildman–Crippen LogP) is 2.87. The molecule has 1 aromatic carbocycles. The van der Waals surface area contributed by atoms with Crippen LogP contribution in [0, 0.1) is 0 Å². The molecule has 0 radical (unpaired) electrons. The summed E-state index contributed by atoms with van der Waals surface area (Å²) in [5, 5.41) is 0.545. The molecular weight excluding hydrogens is 288 g/mol. The maximum Gasteiger partial charge on any atom is 0.179 e. The Morgan fingerprint density at radius 2 is 2.10 bits per heavy atom. The zero-order chi connectivity index (χ0) is 15.1. The SMILES string of the molecule is COc1cc(CCN)cc(Cl)c1OCCc1cccnc1. The Labute approximate surface area is 129 Å². The monoisotopic (exact) mass is 306 g/mol. The summed E-state index contributed by atoms with van der Waals surface area (Å²) in [6, 6.07) is 7.71. The Kier molecular flexibility index (Phi) is 5.84. The number of ether oxygens (including phenoxy) is 2. The van der Waals surface area contributed by atoms with Gasteiger partial charge in [-0.25, -0.2) is 0 Å². The highest BCUT2D eigenvalue weighted by molar-refractivity contribution is 6.32. The van der Waals surface area contributed by atoms with E-state index in [4.69, 9.17) is 26.8 Å². The fraction of sp³-hybridized carbons (Fsp3) is 0.312. The van der Waals surface area contributed by atoms with Crippen LogP contribution in [0.2, 0.25) is 5.02 Å². The van der Waals surface area contributed by atoms with E-state index in [0.29, 0.717) is 29.7 Å². The van der Waals surface area contributed by atoms with Crippen molar-refractivity contribution in [2.24, 2.45) is 5.73 Å². The first-order valence-corrected chi connectivity index (χ1v) is 7.20. The number of halogens is 1. The van der Waals surface area contributed by atoms with Gasteiger partial charge in [0.2, 0.25) is 0 Å². The number of nitrogens with zero attached hydrogens (tertiary/aromatic N) is 1. The van der Waals surface area contributed by atoms with Crippen LogP contribution in [0.1, 0.15) is 11.1 Å². The Hall–Kier alpha value is -1.78. The second kappa shape index (κ2) is 7.86. The molecule has 0 spiro atoms. The molecule has 0 atom stereocenters. The topological polar surface area (TPSA) is 57.4 Å². The number of methoxy groups -OCH3 is 1. The molecule has 0 aliphatic heterocycles. The highest BCUT2D eigenvalue weighted by Gasteiger charge is 2.12. The van der Waals surface area contributed by atoms with Gasteiger partial charge in [0.1, 0.15) is 0 Å². The molecule has 112 valence electrons. The lowest BCUT2D eigenvalue weighted by Gasteiger charge is -2.14. The van der Waals surface area contributed by atoms with Crippen molar-refractivity contribution in [3.05, 3.63) is 52.8 Å². The van der Waals surface area contributed by atoms with E-state index in [2.05, 4.69) is 4.98 Å². The molecule has 0 bridgehead atoms. The maximum atomic E-state index is 6.27. The van der Waals surface area contributed by atoms with E-state index in [1.807, 2.05) is 30.5 Å². The quantitative estimate of drug-likeness (QED) is 0.854. The lowest BCUT2D eigenvalue weighted by molar-refractivity contribution is 0.297. The molecule has 2 N–H and O–H groups in total. The standard InChI is InChI=1S/C16H19ClN2O2/c1-20-15-10-13(4-6-18)9-14(17)16(15)21-8-5-12-3-2-7-19-11-12/h2-3,7,9-11H,4-6,8,18H2,1H3. The van der Waals surface area contributed by atoms with E-state index in [1.54, 1.807) is 13.3 Å². The average molecular weight is 307 g/mol. The van der Waals surface area contributed by atoms with Crippen molar-refractivity contribution in [1.82, 2.24) is 4.98 Å². The summed E-state index contributed by atoms with van der Waals surface area (Å²) in [7, 11) is 1.60. The number of hydrogen-bond donors (Lipinski definition) is 1. The van der Waals surface area contributed by atoms with Crippen LogP contribution in [0.5, 0.6) is 11.5 Å². The predicted molar refractivity (Wildman–Crippen MR) is 84.2 cm³/mol. The van der Waals surface area contributed by atoms with Crippen molar-refractivity contribution >= 4 is 11.6 Å². The van der Waals surface area contributed by atoms with Gasteiger partial charge in [0.05, 0.1) is 18.7 Å². The maximum absolute atomic E-state index is 6.27. The molecule has 5 heteroatoms. The Bertz CT molecular complexity index is 576. The first-order valence-electron chi connectivity index (χ1n) is 6.82. The minimum absolute atomic E-state index is 0.512. The average Bonchev–Trinajstić information content (AvgIpc) is 2.50. The van der Waals surface area contributed by atoms with Crippen molar-refractivity contribution in [2.45, 2.75) is 12.8 Å². The van der Waals surface area contributed by atoms with Crippen molar-refractivity contribution in [2.75, 3.05) is 20.3 Å². The van der Waals surface area contributed by atoms with Gasteiger partial charge in [-0.2, -0.15) is 0 Å². The highest BCUT2D eigenvalue weighted by atomic mass is 35.5. The van der Waals surface area contributed by atoms with Crippen LogP contribution in [0.4, 0.5) is 0 Å². The van der Waals surface area contributed by atoms with E-state index in [-0.39, 0.29) is 0 Å². The van der Waals surface area contributed by atoms with E-state index < -0.39 is 0 Å². The van der Waals surface area contributed by atoms with Gasteiger partial charge in [-0.1, -0.05) is 17.7 Å². The molecule has 0 saturated heterocycles. The summed E-state index contributed by atoms with van der Waals surface area (Å²) < 4.78 is 11.1. The second-order valence-corrected chi connectivity index (χ2v) is 5.01. The van der Waals surface area contributed by atoms with Crippen molar-refractivity contribution in [3.63, 3.8) is 0 Å². The van der Waals surface area contributed by atoms with Gasteiger partial charge < -0.3 is 15.2 Å². The molecule has 0 fully saturated rings. The van der Waals surface area contributed by atoms with Crippen LogP contribution in [0.25, 0.3) is 0 Å². The largest absolute Gasteiger partial charge is 0.493 e. The number of benzene rings is 1. The summed E-state index contributed by atoms with van der Waals surface area (Å²) in [6.45, 7) is 1.08. The number of nitrogens with two attached hydrogens (primary N) is 1. The zero-order valence-corrected chi connectivity index (χ0v) is 12.8. The first-order chi connectivity index (χ1) is 10.2.